The van der Waals surface area contributed by atoms with Crippen molar-refractivity contribution in [3.05, 3.63) is 59.5 Å². The van der Waals surface area contributed by atoms with E-state index >= 15 is 0 Å². The highest BCUT2D eigenvalue weighted by molar-refractivity contribution is 7.89. The monoisotopic (exact) mass is 473 g/mol. The number of hydrogen-bond donors (Lipinski definition) is 0. The van der Waals surface area contributed by atoms with Crippen LogP contribution in [0.5, 0.6) is 5.75 Å². The van der Waals surface area contributed by atoms with E-state index in [1.54, 1.807) is 39.0 Å². The number of hydrogen-bond acceptors (Lipinski definition) is 8. The molecular formula is C23H27N3O6S. The molecule has 10 heteroatoms. The second-order valence-corrected chi connectivity index (χ2v) is 8.99. The fourth-order valence-corrected chi connectivity index (χ4v) is 4.98. The van der Waals surface area contributed by atoms with Crippen LogP contribution in [0.2, 0.25) is 0 Å². The Morgan fingerprint density at radius 3 is 2.52 bits per heavy atom. The van der Waals surface area contributed by atoms with Crippen molar-refractivity contribution < 1.29 is 27.2 Å². The molecule has 9 nitrogen and oxygen atoms in total. The number of ether oxygens (including phenoxy) is 2. The molecule has 3 aromatic rings. The van der Waals surface area contributed by atoms with Crippen molar-refractivity contribution in [2.45, 2.75) is 39.2 Å². The second kappa shape index (κ2) is 10.6. The molecule has 1 heterocycles. The maximum Gasteiger partial charge on any atom is 0.338 e. The summed E-state index contributed by atoms with van der Waals surface area (Å²) >= 11 is 0. The van der Waals surface area contributed by atoms with Gasteiger partial charge in [-0.2, -0.15) is 9.29 Å². The Hall–Kier alpha value is -3.24. The van der Waals surface area contributed by atoms with E-state index in [1.807, 2.05) is 19.1 Å². The van der Waals surface area contributed by atoms with Gasteiger partial charge >= 0.3 is 5.97 Å². The van der Waals surface area contributed by atoms with Gasteiger partial charge in [-0.1, -0.05) is 37.2 Å². The Bertz CT molecular complexity index is 1220. The Morgan fingerprint density at radius 1 is 1.09 bits per heavy atom. The normalized spacial score (nSPS) is 11.5. The summed E-state index contributed by atoms with van der Waals surface area (Å²) in [5.41, 5.74) is 1.33. The quantitative estimate of drug-likeness (QED) is 0.408. The molecule has 0 radical (unpaired) electrons. The fraction of sp³-hybridized carbons (Fsp3) is 0.348. The standard InChI is InChI=1S/C23H27N3O6S/c1-5-26(6-2)33(28,29)20-14-17(13-12-16(20)4)23(27)31-15-21-24-22(25-32-21)18-10-8-9-11-19(18)30-7-3/h8-14H,5-7,15H2,1-4H3. The molecule has 0 unspecified atom stereocenters. The van der Waals surface area contributed by atoms with Gasteiger partial charge in [-0.3, -0.25) is 0 Å². The van der Waals surface area contributed by atoms with E-state index in [0.717, 1.165) is 0 Å². The zero-order valence-electron chi connectivity index (χ0n) is 19.1. The van der Waals surface area contributed by atoms with E-state index < -0.39 is 16.0 Å². The Balaban J connectivity index is 1.75. The molecule has 0 bridgehead atoms. The van der Waals surface area contributed by atoms with Gasteiger partial charge in [0.25, 0.3) is 5.89 Å². The number of nitrogens with zero attached hydrogens (tertiary/aromatic N) is 3. The SMILES string of the molecule is CCOc1ccccc1-c1noc(COC(=O)c2ccc(C)c(S(=O)(=O)N(CC)CC)c2)n1. The lowest BCUT2D eigenvalue weighted by molar-refractivity contribution is 0.0429. The topological polar surface area (TPSA) is 112 Å². The third-order valence-corrected chi connectivity index (χ3v) is 7.16. The number of esters is 1. The number of aryl methyl sites for hydroxylation is 1. The van der Waals surface area contributed by atoms with Crippen molar-refractivity contribution in [2.75, 3.05) is 19.7 Å². The third-order valence-electron chi connectivity index (χ3n) is 4.97. The van der Waals surface area contributed by atoms with Crippen molar-refractivity contribution in [2.24, 2.45) is 0 Å². The fourth-order valence-electron chi connectivity index (χ4n) is 3.27. The summed E-state index contributed by atoms with van der Waals surface area (Å²) in [7, 11) is -3.72. The zero-order valence-corrected chi connectivity index (χ0v) is 19.9. The number of rotatable bonds is 10. The van der Waals surface area contributed by atoms with E-state index in [4.69, 9.17) is 14.0 Å². The Kier molecular flexibility index (Phi) is 7.83. The van der Waals surface area contributed by atoms with Crippen LogP contribution in [0.1, 0.15) is 42.6 Å². The third kappa shape index (κ3) is 5.40. The van der Waals surface area contributed by atoms with E-state index in [1.165, 1.54) is 16.4 Å². The van der Waals surface area contributed by atoms with E-state index in [0.29, 0.717) is 42.4 Å². The summed E-state index contributed by atoms with van der Waals surface area (Å²) in [6.45, 7) is 7.99. The number of para-hydroxylation sites is 1. The van der Waals surface area contributed by atoms with Gasteiger partial charge in [-0.25, -0.2) is 13.2 Å². The number of sulfonamides is 1. The van der Waals surface area contributed by atoms with Crippen LogP contribution in [0.25, 0.3) is 11.4 Å². The van der Waals surface area contributed by atoms with Crippen molar-refractivity contribution in [3.8, 4) is 17.1 Å². The van der Waals surface area contributed by atoms with Crippen molar-refractivity contribution in [1.29, 1.82) is 0 Å². The van der Waals surface area contributed by atoms with Gasteiger partial charge in [0.2, 0.25) is 15.8 Å². The van der Waals surface area contributed by atoms with E-state index in [9.17, 15) is 13.2 Å². The minimum atomic E-state index is -3.72. The molecule has 0 N–H and O–H groups in total. The maximum absolute atomic E-state index is 12.9. The Labute approximate surface area is 193 Å². The van der Waals surface area contributed by atoms with Gasteiger partial charge in [-0.15, -0.1) is 0 Å². The average Bonchev–Trinajstić information content (AvgIpc) is 3.28. The smallest absolute Gasteiger partial charge is 0.338 e. The molecule has 176 valence electrons. The lowest BCUT2D eigenvalue weighted by Gasteiger charge is -2.20. The molecule has 1 aromatic heterocycles. The van der Waals surface area contributed by atoms with Gasteiger partial charge in [0.15, 0.2) is 6.61 Å². The minimum absolute atomic E-state index is 0.0771. The summed E-state index contributed by atoms with van der Waals surface area (Å²) in [5.74, 6) is 0.340. The molecule has 0 aliphatic carbocycles. The first-order valence-corrected chi connectivity index (χ1v) is 12.1. The molecule has 0 aliphatic rings. The largest absolute Gasteiger partial charge is 0.493 e. The van der Waals surface area contributed by atoms with Crippen LogP contribution in [0, 0.1) is 6.92 Å². The van der Waals surface area contributed by atoms with Crippen LogP contribution < -0.4 is 4.74 Å². The number of benzene rings is 2. The van der Waals surface area contributed by atoms with Gasteiger partial charge in [0.1, 0.15) is 5.75 Å². The van der Waals surface area contributed by atoms with Crippen LogP contribution in [-0.2, 0) is 21.4 Å². The lowest BCUT2D eigenvalue weighted by Crippen LogP contribution is -2.31. The average molecular weight is 474 g/mol. The molecule has 0 saturated heterocycles. The van der Waals surface area contributed by atoms with E-state index in [2.05, 4.69) is 10.1 Å². The minimum Gasteiger partial charge on any atom is -0.493 e. The predicted octanol–water partition coefficient (Wildman–Crippen LogP) is 3.83. The van der Waals surface area contributed by atoms with Crippen molar-refractivity contribution >= 4 is 16.0 Å². The lowest BCUT2D eigenvalue weighted by atomic mass is 10.1. The predicted molar refractivity (Wildman–Crippen MR) is 121 cm³/mol. The molecule has 0 saturated carbocycles. The van der Waals surface area contributed by atoms with Crippen LogP contribution in [-0.4, -0.2) is 48.5 Å². The second-order valence-electron chi connectivity index (χ2n) is 7.09. The molecule has 0 atom stereocenters. The first kappa shape index (κ1) is 24.4. The van der Waals surface area contributed by atoms with Gasteiger partial charge < -0.3 is 14.0 Å². The highest BCUT2D eigenvalue weighted by Crippen LogP contribution is 2.28. The molecule has 0 aliphatic heterocycles. The van der Waals surface area contributed by atoms with Gasteiger partial charge in [-0.05, 0) is 43.7 Å². The van der Waals surface area contributed by atoms with Crippen molar-refractivity contribution in [1.82, 2.24) is 14.4 Å². The Morgan fingerprint density at radius 2 is 1.82 bits per heavy atom. The molecule has 0 spiro atoms. The molecule has 0 fully saturated rings. The maximum atomic E-state index is 12.9. The first-order chi connectivity index (χ1) is 15.8. The molecule has 2 aromatic carbocycles. The molecule has 0 amide bonds. The molecule has 33 heavy (non-hydrogen) atoms. The van der Waals surface area contributed by atoms with Crippen LogP contribution in [0.15, 0.2) is 51.9 Å². The summed E-state index contributed by atoms with van der Waals surface area (Å²) in [5, 5.41) is 3.93. The zero-order chi connectivity index (χ0) is 24.0. The van der Waals surface area contributed by atoms with Crippen molar-refractivity contribution in [3.63, 3.8) is 0 Å². The molecule has 3 rings (SSSR count). The van der Waals surface area contributed by atoms with Gasteiger partial charge in [0.05, 0.1) is 22.6 Å². The van der Waals surface area contributed by atoms with Crippen LogP contribution in [0.4, 0.5) is 0 Å². The summed E-state index contributed by atoms with van der Waals surface area (Å²) in [4.78, 5) is 16.9. The number of carbonyl (C=O) groups excluding carboxylic acids is 1. The van der Waals surface area contributed by atoms with Crippen LogP contribution >= 0.6 is 0 Å². The summed E-state index contributed by atoms with van der Waals surface area (Å²) in [6.07, 6.45) is 0. The summed E-state index contributed by atoms with van der Waals surface area (Å²) in [6, 6.07) is 11.7. The molecular weight excluding hydrogens is 446 g/mol. The van der Waals surface area contributed by atoms with Crippen LogP contribution in [0.3, 0.4) is 0 Å². The number of carbonyl (C=O) groups is 1. The summed E-state index contributed by atoms with van der Waals surface area (Å²) < 4.78 is 43.2. The van der Waals surface area contributed by atoms with Gasteiger partial charge in [0, 0.05) is 13.1 Å². The highest BCUT2D eigenvalue weighted by atomic mass is 32.2. The van der Waals surface area contributed by atoms with E-state index in [-0.39, 0.29) is 23.0 Å². The highest BCUT2D eigenvalue weighted by Gasteiger charge is 2.25. The first-order valence-electron chi connectivity index (χ1n) is 10.6. The number of aromatic nitrogens is 2.